The number of anilines is 1. The number of halogens is 3. The van der Waals surface area contributed by atoms with Gasteiger partial charge in [0.1, 0.15) is 11.6 Å². The molecule has 2 atom stereocenters. The SMILES string of the molecule is CCS(=O)(=O)N[C@H]1C[C@H]2CN(c3noc4c(Cl)ccc(-c5c(F)cccc5F)c34)C(=O)N2C1. The van der Waals surface area contributed by atoms with Gasteiger partial charge < -0.3 is 9.42 Å². The van der Waals surface area contributed by atoms with Crippen molar-refractivity contribution < 1.29 is 26.5 Å². The maximum atomic E-state index is 14.6. The molecule has 1 N–H and O–H groups in total. The Hall–Kier alpha value is -2.76. The van der Waals surface area contributed by atoms with E-state index < -0.39 is 27.7 Å². The number of nitrogens with zero attached hydrogens (tertiary/aromatic N) is 3. The van der Waals surface area contributed by atoms with Crippen LogP contribution >= 0.6 is 11.6 Å². The average molecular weight is 497 g/mol. The number of sulfonamides is 1. The van der Waals surface area contributed by atoms with Crippen molar-refractivity contribution >= 4 is 44.4 Å². The lowest BCUT2D eigenvalue weighted by Gasteiger charge is -2.18. The Morgan fingerprint density at radius 3 is 2.61 bits per heavy atom. The second-order valence-corrected chi connectivity index (χ2v) is 10.5. The summed E-state index contributed by atoms with van der Waals surface area (Å²) in [5.74, 6) is -1.49. The van der Waals surface area contributed by atoms with Crippen LogP contribution in [-0.4, -0.2) is 55.4 Å². The van der Waals surface area contributed by atoms with Gasteiger partial charge in [-0.05, 0) is 31.5 Å². The van der Waals surface area contributed by atoms with Gasteiger partial charge in [0.15, 0.2) is 11.4 Å². The zero-order chi connectivity index (χ0) is 23.5. The second kappa shape index (κ2) is 7.93. The fourth-order valence-electron chi connectivity index (χ4n) is 4.52. The zero-order valence-electron chi connectivity index (χ0n) is 17.4. The highest BCUT2D eigenvalue weighted by atomic mass is 35.5. The molecule has 5 rings (SSSR count). The molecule has 3 aromatic rings. The Morgan fingerprint density at radius 2 is 1.94 bits per heavy atom. The number of fused-ring (bicyclic) bond motifs is 2. The summed E-state index contributed by atoms with van der Waals surface area (Å²) in [5, 5.41) is 4.43. The van der Waals surface area contributed by atoms with Crippen LogP contribution in [0.25, 0.3) is 22.1 Å². The van der Waals surface area contributed by atoms with Gasteiger partial charge in [0, 0.05) is 24.7 Å². The van der Waals surface area contributed by atoms with Gasteiger partial charge in [0.05, 0.1) is 27.8 Å². The van der Waals surface area contributed by atoms with Gasteiger partial charge in [0.2, 0.25) is 10.0 Å². The number of benzene rings is 2. The van der Waals surface area contributed by atoms with Gasteiger partial charge in [-0.25, -0.2) is 26.7 Å². The first-order chi connectivity index (χ1) is 15.7. The van der Waals surface area contributed by atoms with Crippen LogP contribution < -0.4 is 9.62 Å². The van der Waals surface area contributed by atoms with Crippen LogP contribution in [0.15, 0.2) is 34.9 Å². The Kier molecular flexibility index (Phi) is 5.30. The van der Waals surface area contributed by atoms with Crippen LogP contribution in [0.5, 0.6) is 0 Å². The van der Waals surface area contributed by atoms with Crippen LogP contribution in [0, 0.1) is 11.6 Å². The van der Waals surface area contributed by atoms with Gasteiger partial charge >= 0.3 is 6.03 Å². The Bertz CT molecular complexity index is 1360. The molecule has 8 nitrogen and oxygen atoms in total. The highest BCUT2D eigenvalue weighted by Crippen LogP contribution is 2.42. The van der Waals surface area contributed by atoms with Crippen molar-refractivity contribution in [2.75, 3.05) is 23.7 Å². The van der Waals surface area contributed by atoms with Gasteiger partial charge in [-0.3, -0.25) is 4.90 Å². The zero-order valence-corrected chi connectivity index (χ0v) is 19.0. The highest BCUT2D eigenvalue weighted by Gasteiger charge is 2.46. The molecule has 1 aromatic heterocycles. The fourth-order valence-corrected chi connectivity index (χ4v) is 5.56. The molecule has 2 aliphatic heterocycles. The number of hydrogen-bond acceptors (Lipinski definition) is 5. The maximum absolute atomic E-state index is 14.6. The van der Waals surface area contributed by atoms with E-state index in [9.17, 15) is 22.0 Å². The summed E-state index contributed by atoms with van der Waals surface area (Å²) >= 11 is 6.24. The molecule has 2 aromatic carbocycles. The molecule has 33 heavy (non-hydrogen) atoms. The van der Waals surface area contributed by atoms with Crippen molar-refractivity contribution in [1.82, 2.24) is 14.8 Å². The Labute approximate surface area is 193 Å². The second-order valence-electron chi connectivity index (χ2n) is 8.06. The molecule has 0 saturated carbocycles. The first-order valence-electron chi connectivity index (χ1n) is 10.3. The van der Waals surface area contributed by atoms with E-state index in [0.29, 0.717) is 6.42 Å². The Balaban J connectivity index is 1.53. The van der Waals surface area contributed by atoms with E-state index in [1.807, 2.05) is 0 Å². The molecular formula is C21H19ClF2N4O4S. The number of nitrogens with one attached hydrogen (secondary N) is 1. The molecule has 12 heteroatoms. The van der Waals surface area contributed by atoms with E-state index in [1.54, 1.807) is 11.8 Å². The lowest BCUT2D eigenvalue weighted by Crippen LogP contribution is -2.41. The predicted molar refractivity (Wildman–Crippen MR) is 119 cm³/mol. The average Bonchev–Trinajstić information content (AvgIpc) is 3.44. The van der Waals surface area contributed by atoms with Crippen LogP contribution in [0.2, 0.25) is 5.02 Å². The summed E-state index contributed by atoms with van der Waals surface area (Å²) in [6, 6.07) is 5.43. The van der Waals surface area contributed by atoms with Crippen molar-refractivity contribution in [3.8, 4) is 11.1 Å². The molecule has 2 amide bonds. The standard InChI is InChI=1S/C21H19ClF2N4O4S/c1-2-33(30,31)26-11-8-12-10-28(21(29)27(12)9-11)20-18-13(6-7-14(22)19(18)32-25-20)17-15(23)4-3-5-16(17)24/h3-7,11-12,26H,2,8-10H2,1H3/t11-,12-/m0/s1. The third-order valence-corrected chi connectivity index (χ3v) is 7.81. The molecule has 2 saturated heterocycles. The van der Waals surface area contributed by atoms with E-state index in [1.165, 1.54) is 23.1 Å². The van der Waals surface area contributed by atoms with Crippen molar-refractivity contribution in [3.63, 3.8) is 0 Å². The summed E-state index contributed by atoms with van der Waals surface area (Å²) in [5.41, 5.74) is -0.000229. The van der Waals surface area contributed by atoms with E-state index in [-0.39, 0.29) is 63.9 Å². The van der Waals surface area contributed by atoms with E-state index in [2.05, 4.69) is 9.88 Å². The molecule has 0 radical (unpaired) electrons. The quantitative estimate of drug-likeness (QED) is 0.580. The van der Waals surface area contributed by atoms with Gasteiger partial charge in [-0.1, -0.05) is 28.9 Å². The number of urea groups is 1. The third-order valence-electron chi connectivity index (χ3n) is 6.06. The lowest BCUT2D eigenvalue weighted by atomic mass is 10.00. The monoisotopic (exact) mass is 496 g/mol. The van der Waals surface area contributed by atoms with Crippen molar-refractivity contribution in [1.29, 1.82) is 0 Å². The molecule has 0 spiro atoms. The summed E-state index contributed by atoms with van der Waals surface area (Å²) in [6.07, 6.45) is 0.437. The Morgan fingerprint density at radius 1 is 1.21 bits per heavy atom. The minimum atomic E-state index is -3.40. The van der Waals surface area contributed by atoms with Crippen LogP contribution in [-0.2, 0) is 10.0 Å². The minimum absolute atomic E-state index is 0.0463. The summed E-state index contributed by atoms with van der Waals surface area (Å²) < 4.78 is 60.9. The van der Waals surface area contributed by atoms with Crippen LogP contribution in [0.3, 0.4) is 0 Å². The molecule has 0 unspecified atom stereocenters. The fraction of sp³-hybridized carbons (Fsp3) is 0.333. The molecule has 174 valence electrons. The van der Waals surface area contributed by atoms with Crippen molar-refractivity contribution in [2.45, 2.75) is 25.4 Å². The first-order valence-corrected chi connectivity index (χ1v) is 12.3. The largest absolute Gasteiger partial charge is 0.352 e. The van der Waals surface area contributed by atoms with E-state index in [4.69, 9.17) is 16.1 Å². The van der Waals surface area contributed by atoms with Gasteiger partial charge in [-0.2, -0.15) is 0 Å². The summed E-state index contributed by atoms with van der Waals surface area (Å²) in [4.78, 5) is 16.1. The topological polar surface area (TPSA) is 95.7 Å². The highest BCUT2D eigenvalue weighted by molar-refractivity contribution is 7.89. The molecule has 2 aliphatic rings. The number of carbonyl (C=O) groups is 1. The van der Waals surface area contributed by atoms with E-state index >= 15 is 0 Å². The van der Waals surface area contributed by atoms with Gasteiger partial charge in [0.25, 0.3) is 0 Å². The van der Waals surface area contributed by atoms with Gasteiger partial charge in [-0.15, -0.1) is 0 Å². The number of carbonyl (C=O) groups excluding carboxylic acids is 1. The van der Waals surface area contributed by atoms with E-state index in [0.717, 1.165) is 12.1 Å². The number of amides is 2. The summed E-state index contributed by atoms with van der Waals surface area (Å²) in [7, 11) is -3.40. The molecule has 0 bridgehead atoms. The van der Waals surface area contributed by atoms with Crippen molar-refractivity contribution in [3.05, 3.63) is 47.0 Å². The smallest absolute Gasteiger partial charge is 0.326 e. The molecule has 3 heterocycles. The van der Waals surface area contributed by atoms with Crippen LogP contribution in [0.1, 0.15) is 13.3 Å². The molecule has 2 fully saturated rings. The third kappa shape index (κ3) is 3.64. The predicted octanol–water partition coefficient (Wildman–Crippen LogP) is 3.75. The normalized spacial score (nSPS) is 20.8. The van der Waals surface area contributed by atoms with Crippen molar-refractivity contribution in [2.24, 2.45) is 0 Å². The number of aromatic nitrogens is 1. The first kappa shape index (κ1) is 22.1. The molecular weight excluding hydrogens is 478 g/mol. The minimum Gasteiger partial charge on any atom is -0.352 e. The molecule has 0 aliphatic carbocycles. The van der Waals surface area contributed by atoms with Crippen LogP contribution in [0.4, 0.5) is 19.4 Å². The lowest BCUT2D eigenvalue weighted by molar-refractivity contribution is 0.218. The summed E-state index contributed by atoms with van der Waals surface area (Å²) in [6.45, 7) is 1.98. The maximum Gasteiger partial charge on any atom is 0.326 e. The number of rotatable bonds is 5. The number of hydrogen-bond donors (Lipinski definition) is 1.